The van der Waals surface area contributed by atoms with Crippen molar-refractivity contribution in [3.8, 4) is 0 Å². The highest BCUT2D eigenvalue weighted by atomic mass is 19.3. The van der Waals surface area contributed by atoms with Gasteiger partial charge in [-0.25, -0.2) is 19.1 Å². The molecule has 3 aromatic carbocycles. The van der Waals surface area contributed by atoms with Gasteiger partial charge in [-0.05, 0) is 55.7 Å². The molecule has 0 aliphatic carbocycles. The molecule has 0 aliphatic rings. The van der Waals surface area contributed by atoms with Crippen molar-refractivity contribution < 1.29 is 51.8 Å². The standard InChI is InChI=1S/C49H61F2N7O9/c1-31(2)23-37(41(59)49(50,51)29-53-45(63)40(32(3)4)44(62)52-26-34-19-13-9-14-20-34)55-43(61)39(25-36-27-58(30-54-36)47(65)67-48(5,6)7)56-42(60)38(24-33-17-11-8-12-18-33)57-46(64)66-28-35-21-15-10-16-22-35/h8-22,27,30-32,37-40H,23-26,28-29H2,1-7H3,(H,52,62)(H,53,63)(H,55,61)(H,56,60)(H,57,64)/t37?,38-,39-,40?/m0/s1. The van der Waals surface area contributed by atoms with Crippen molar-refractivity contribution in [1.29, 1.82) is 0 Å². The van der Waals surface area contributed by atoms with Crippen LogP contribution in [0.15, 0.2) is 104 Å². The maximum Gasteiger partial charge on any atom is 0.419 e. The minimum atomic E-state index is -4.24. The molecule has 0 saturated carbocycles. The minimum absolute atomic E-state index is 0.0620. The van der Waals surface area contributed by atoms with Crippen LogP contribution in [0.4, 0.5) is 18.4 Å². The number of hydrogen-bond donors (Lipinski definition) is 5. The fraction of sp³-hybridized carbons (Fsp3) is 0.429. The molecule has 16 nitrogen and oxygen atoms in total. The molecule has 360 valence electrons. The number of aromatic nitrogens is 2. The van der Waals surface area contributed by atoms with E-state index in [1.807, 2.05) is 0 Å². The summed E-state index contributed by atoms with van der Waals surface area (Å²) in [5.74, 6) is -12.0. The molecule has 67 heavy (non-hydrogen) atoms. The third kappa shape index (κ3) is 17.4. The van der Waals surface area contributed by atoms with Crippen molar-refractivity contribution in [3.05, 3.63) is 126 Å². The Bertz CT molecular complexity index is 2290. The number of carbonyl (C=O) groups excluding carboxylic acids is 7. The Kier molecular flexibility index (Phi) is 19.3. The molecule has 5 N–H and O–H groups in total. The summed E-state index contributed by atoms with van der Waals surface area (Å²) in [4.78, 5) is 98.7. The molecule has 1 heterocycles. The second-order valence-electron chi connectivity index (χ2n) is 17.9. The van der Waals surface area contributed by atoms with Crippen LogP contribution in [-0.2, 0) is 59.4 Å². The topological polar surface area (TPSA) is 216 Å². The smallest absolute Gasteiger partial charge is 0.419 e. The summed E-state index contributed by atoms with van der Waals surface area (Å²) >= 11 is 0. The Labute approximate surface area is 389 Å². The van der Waals surface area contributed by atoms with E-state index in [9.17, 15) is 33.6 Å². The van der Waals surface area contributed by atoms with E-state index in [1.165, 1.54) is 6.20 Å². The van der Waals surface area contributed by atoms with Gasteiger partial charge in [-0.2, -0.15) is 8.78 Å². The van der Waals surface area contributed by atoms with Crippen molar-refractivity contribution in [2.75, 3.05) is 6.54 Å². The fourth-order valence-electron chi connectivity index (χ4n) is 6.79. The zero-order valence-corrected chi connectivity index (χ0v) is 38.8. The molecular weight excluding hydrogens is 869 g/mol. The fourth-order valence-corrected chi connectivity index (χ4v) is 6.79. The highest BCUT2D eigenvalue weighted by Crippen LogP contribution is 2.21. The molecule has 0 radical (unpaired) electrons. The lowest BCUT2D eigenvalue weighted by Crippen LogP contribution is -2.59. The van der Waals surface area contributed by atoms with Gasteiger partial charge in [0.2, 0.25) is 29.4 Å². The number of nitrogens with zero attached hydrogens (tertiary/aromatic N) is 2. The highest BCUT2D eigenvalue weighted by molar-refractivity contribution is 6.01. The molecule has 0 saturated heterocycles. The van der Waals surface area contributed by atoms with Crippen LogP contribution in [0.3, 0.4) is 0 Å². The number of amides is 5. The summed E-state index contributed by atoms with van der Waals surface area (Å²) in [6.07, 6.45) is -0.0804. The Morgan fingerprint density at radius 1 is 0.657 bits per heavy atom. The van der Waals surface area contributed by atoms with E-state index in [4.69, 9.17) is 9.47 Å². The predicted molar refractivity (Wildman–Crippen MR) is 244 cm³/mol. The normalized spacial score (nSPS) is 13.4. The number of imidazole rings is 1. The van der Waals surface area contributed by atoms with Gasteiger partial charge >= 0.3 is 18.1 Å². The number of nitrogens with one attached hydrogen (secondary N) is 5. The summed E-state index contributed by atoms with van der Waals surface area (Å²) in [5, 5.41) is 12.2. The van der Waals surface area contributed by atoms with Gasteiger partial charge in [0.25, 0.3) is 0 Å². The number of ketones is 1. The van der Waals surface area contributed by atoms with Gasteiger partial charge in [-0.15, -0.1) is 0 Å². The molecule has 1 aromatic heterocycles. The van der Waals surface area contributed by atoms with Gasteiger partial charge in [0.15, 0.2) is 0 Å². The molecule has 4 atom stereocenters. The second kappa shape index (κ2) is 24.5. The first-order chi connectivity index (χ1) is 31.6. The van der Waals surface area contributed by atoms with Crippen LogP contribution in [-0.4, -0.2) is 87.3 Å². The molecule has 18 heteroatoms. The molecule has 5 amide bonds. The van der Waals surface area contributed by atoms with Gasteiger partial charge in [-0.1, -0.05) is 119 Å². The first kappa shape index (κ1) is 52.6. The summed E-state index contributed by atoms with van der Waals surface area (Å²) in [6.45, 7) is 9.96. The SMILES string of the molecule is CC(C)CC(NC(=O)[C@H](Cc1cn(C(=O)OC(C)(C)C)cn1)NC(=O)[C@H](Cc1ccccc1)NC(=O)OCc1ccccc1)C(=O)C(F)(F)CNC(=O)C(C(=O)NCc1ccccc1)C(C)C. The number of alkyl carbamates (subject to hydrolysis) is 1. The summed E-state index contributed by atoms with van der Waals surface area (Å²) < 4.78 is 43.7. The average molecular weight is 930 g/mol. The van der Waals surface area contributed by atoms with Crippen LogP contribution in [0.25, 0.3) is 0 Å². The van der Waals surface area contributed by atoms with Crippen LogP contribution < -0.4 is 26.6 Å². The summed E-state index contributed by atoms with van der Waals surface area (Å²) in [6, 6.07) is 21.6. The molecule has 0 spiro atoms. The average Bonchev–Trinajstić information content (AvgIpc) is 3.75. The Hall–Kier alpha value is -6.98. The molecular formula is C49H61F2N7O9. The first-order valence-electron chi connectivity index (χ1n) is 22.0. The van der Waals surface area contributed by atoms with E-state index in [0.717, 1.165) is 16.5 Å². The predicted octanol–water partition coefficient (Wildman–Crippen LogP) is 5.67. The largest absolute Gasteiger partial charge is 0.445 e. The Morgan fingerprint density at radius 3 is 1.73 bits per heavy atom. The van der Waals surface area contributed by atoms with Gasteiger partial charge < -0.3 is 36.1 Å². The van der Waals surface area contributed by atoms with Gasteiger partial charge in [0.1, 0.15) is 36.5 Å². The number of benzene rings is 3. The van der Waals surface area contributed by atoms with E-state index in [-0.39, 0.29) is 31.7 Å². The summed E-state index contributed by atoms with van der Waals surface area (Å²) in [7, 11) is 0. The lowest BCUT2D eigenvalue weighted by Gasteiger charge is -2.28. The molecule has 0 fully saturated rings. The van der Waals surface area contributed by atoms with Crippen molar-refractivity contribution in [2.24, 2.45) is 17.8 Å². The third-order valence-electron chi connectivity index (χ3n) is 10.1. The second-order valence-corrected chi connectivity index (χ2v) is 17.9. The zero-order chi connectivity index (χ0) is 49.3. The number of carbonyl (C=O) groups is 7. The van der Waals surface area contributed by atoms with Crippen molar-refractivity contribution in [3.63, 3.8) is 0 Å². The number of alkyl halides is 2. The molecule has 0 aliphatic heterocycles. The molecule has 2 unspecified atom stereocenters. The summed E-state index contributed by atoms with van der Waals surface area (Å²) in [5.41, 5.74) is 1.30. The maximum absolute atomic E-state index is 15.9. The monoisotopic (exact) mass is 929 g/mol. The van der Waals surface area contributed by atoms with Crippen LogP contribution in [0.5, 0.6) is 0 Å². The van der Waals surface area contributed by atoms with Crippen molar-refractivity contribution >= 4 is 41.6 Å². The van der Waals surface area contributed by atoms with Crippen molar-refractivity contribution in [1.82, 2.24) is 36.1 Å². The lowest BCUT2D eigenvalue weighted by atomic mass is 9.93. The Balaban J connectivity index is 1.57. The van der Waals surface area contributed by atoms with E-state index < -0.39 is 102 Å². The number of halogens is 2. The van der Waals surface area contributed by atoms with Crippen LogP contribution in [0.1, 0.15) is 77.3 Å². The first-order valence-corrected chi connectivity index (χ1v) is 22.0. The number of hydrogen-bond acceptors (Lipinski definition) is 10. The number of rotatable bonds is 22. The molecule has 0 bridgehead atoms. The van der Waals surface area contributed by atoms with Gasteiger partial charge in [0.05, 0.1) is 18.3 Å². The van der Waals surface area contributed by atoms with Crippen molar-refractivity contribution in [2.45, 2.75) is 111 Å². The zero-order valence-electron chi connectivity index (χ0n) is 38.8. The number of Topliss-reactive ketones (excluding diaryl/α,β-unsaturated/α-hetero) is 1. The Morgan fingerprint density at radius 2 is 1.18 bits per heavy atom. The quantitative estimate of drug-likeness (QED) is 0.0609. The van der Waals surface area contributed by atoms with E-state index in [1.54, 1.807) is 139 Å². The highest BCUT2D eigenvalue weighted by Gasteiger charge is 2.45. The number of ether oxygens (including phenoxy) is 2. The third-order valence-corrected chi connectivity index (χ3v) is 10.1. The van der Waals surface area contributed by atoms with Crippen LogP contribution in [0.2, 0.25) is 0 Å². The molecule has 4 rings (SSSR count). The maximum atomic E-state index is 15.9. The molecule has 4 aromatic rings. The van der Waals surface area contributed by atoms with E-state index >= 15 is 8.78 Å². The van der Waals surface area contributed by atoms with Crippen LogP contribution in [0, 0.1) is 17.8 Å². The van der Waals surface area contributed by atoms with E-state index in [2.05, 4.69) is 31.6 Å². The van der Waals surface area contributed by atoms with Gasteiger partial charge in [-0.3, -0.25) is 24.0 Å². The van der Waals surface area contributed by atoms with Crippen LogP contribution >= 0.6 is 0 Å². The lowest BCUT2D eigenvalue weighted by molar-refractivity contribution is -0.148. The van der Waals surface area contributed by atoms with E-state index in [0.29, 0.717) is 11.1 Å². The minimum Gasteiger partial charge on any atom is -0.445 e. The van der Waals surface area contributed by atoms with Gasteiger partial charge in [0, 0.05) is 25.6 Å².